The number of anilines is 1. The van der Waals surface area contributed by atoms with E-state index < -0.39 is 5.97 Å². The van der Waals surface area contributed by atoms with Crippen molar-refractivity contribution in [1.82, 2.24) is 15.0 Å². The quantitative estimate of drug-likeness (QED) is 0.803. The molecular weight excluding hydrogens is 272 g/mol. The summed E-state index contributed by atoms with van der Waals surface area (Å²) in [6.07, 6.45) is 0. The lowest BCUT2D eigenvalue weighted by Crippen LogP contribution is -2.36. The standard InChI is InChI=1S/C11H11ClN4O3/c12-7-5-6(16-1-3-19-4-2-16)8-9(13-7)15-10(14-8)11(17)18/h5H,1-4H2,(H,17,18)(H,13,14,15). The molecule has 0 amide bonds. The topological polar surface area (TPSA) is 91.3 Å². The van der Waals surface area contributed by atoms with Crippen LogP contribution in [-0.4, -0.2) is 52.3 Å². The van der Waals surface area contributed by atoms with Gasteiger partial charge in [-0.3, -0.25) is 0 Å². The van der Waals surface area contributed by atoms with E-state index in [-0.39, 0.29) is 5.82 Å². The number of hydrogen-bond donors (Lipinski definition) is 2. The van der Waals surface area contributed by atoms with E-state index in [1.165, 1.54) is 0 Å². The minimum absolute atomic E-state index is 0.140. The van der Waals surface area contributed by atoms with Gasteiger partial charge in [0.15, 0.2) is 5.65 Å². The highest BCUT2D eigenvalue weighted by Gasteiger charge is 2.19. The first-order valence-electron chi connectivity index (χ1n) is 5.77. The summed E-state index contributed by atoms with van der Waals surface area (Å²) < 4.78 is 5.29. The monoisotopic (exact) mass is 282 g/mol. The molecule has 1 fully saturated rings. The Hall–Kier alpha value is -1.86. The Kier molecular flexibility index (Phi) is 3.00. The average molecular weight is 283 g/mol. The third-order valence-corrected chi connectivity index (χ3v) is 3.15. The number of halogens is 1. The van der Waals surface area contributed by atoms with E-state index in [4.69, 9.17) is 21.4 Å². The molecule has 0 bridgehead atoms. The molecule has 2 N–H and O–H groups in total. The molecule has 3 rings (SSSR count). The highest BCUT2D eigenvalue weighted by atomic mass is 35.5. The molecule has 19 heavy (non-hydrogen) atoms. The van der Waals surface area contributed by atoms with Crippen LogP contribution in [-0.2, 0) is 4.74 Å². The lowest BCUT2D eigenvalue weighted by Gasteiger charge is -2.28. The fraction of sp³-hybridized carbons (Fsp3) is 0.364. The number of imidazole rings is 1. The number of nitrogens with one attached hydrogen (secondary N) is 1. The minimum Gasteiger partial charge on any atom is -0.475 e. The molecule has 0 aliphatic carbocycles. The van der Waals surface area contributed by atoms with Crippen molar-refractivity contribution < 1.29 is 14.6 Å². The molecule has 1 saturated heterocycles. The second-order valence-corrected chi connectivity index (χ2v) is 4.54. The molecule has 7 nitrogen and oxygen atoms in total. The number of morpholine rings is 1. The van der Waals surface area contributed by atoms with Gasteiger partial charge in [-0.25, -0.2) is 14.8 Å². The number of aromatic nitrogens is 3. The van der Waals surface area contributed by atoms with Gasteiger partial charge in [-0.2, -0.15) is 0 Å². The molecule has 3 heterocycles. The Morgan fingerprint density at radius 1 is 1.42 bits per heavy atom. The van der Waals surface area contributed by atoms with Crippen LogP contribution < -0.4 is 4.90 Å². The maximum absolute atomic E-state index is 11.0. The van der Waals surface area contributed by atoms with Crippen molar-refractivity contribution in [3.63, 3.8) is 0 Å². The van der Waals surface area contributed by atoms with Crippen molar-refractivity contribution in [2.75, 3.05) is 31.2 Å². The van der Waals surface area contributed by atoms with Crippen LogP contribution >= 0.6 is 11.6 Å². The number of carboxylic acids is 1. The van der Waals surface area contributed by atoms with Crippen LogP contribution in [0.4, 0.5) is 5.69 Å². The van der Waals surface area contributed by atoms with Crippen LogP contribution in [0, 0.1) is 0 Å². The van der Waals surface area contributed by atoms with Gasteiger partial charge in [0.25, 0.3) is 0 Å². The summed E-state index contributed by atoms with van der Waals surface area (Å²) >= 11 is 5.97. The van der Waals surface area contributed by atoms with Gasteiger partial charge in [0.1, 0.15) is 10.7 Å². The SMILES string of the molecule is O=C(O)c1nc2c(N3CCOCC3)cc(Cl)nc2[nH]1. The number of nitrogens with zero attached hydrogens (tertiary/aromatic N) is 3. The highest BCUT2D eigenvalue weighted by molar-refractivity contribution is 6.30. The number of fused-ring (bicyclic) bond motifs is 1. The molecule has 1 aliphatic heterocycles. The van der Waals surface area contributed by atoms with Crippen molar-refractivity contribution in [3.8, 4) is 0 Å². The fourth-order valence-corrected chi connectivity index (χ4v) is 2.28. The minimum atomic E-state index is -1.12. The van der Waals surface area contributed by atoms with Crippen molar-refractivity contribution in [1.29, 1.82) is 0 Å². The predicted octanol–water partition coefficient (Wildman–Crippen LogP) is 1.15. The van der Waals surface area contributed by atoms with Crippen LogP contribution in [0.15, 0.2) is 6.07 Å². The van der Waals surface area contributed by atoms with E-state index in [0.29, 0.717) is 42.6 Å². The summed E-state index contributed by atoms with van der Waals surface area (Å²) in [7, 11) is 0. The molecule has 0 unspecified atom stereocenters. The van der Waals surface area contributed by atoms with Crippen LogP contribution in [0.5, 0.6) is 0 Å². The molecule has 2 aromatic heterocycles. The summed E-state index contributed by atoms with van der Waals surface area (Å²) in [5.74, 6) is -1.26. The number of H-pyrrole nitrogens is 1. The zero-order chi connectivity index (χ0) is 13.4. The summed E-state index contributed by atoms with van der Waals surface area (Å²) in [5, 5.41) is 9.27. The van der Waals surface area contributed by atoms with E-state index in [0.717, 1.165) is 5.69 Å². The summed E-state index contributed by atoms with van der Waals surface area (Å²) in [4.78, 5) is 23.8. The zero-order valence-electron chi connectivity index (χ0n) is 9.89. The van der Waals surface area contributed by atoms with Gasteiger partial charge in [-0.05, 0) is 0 Å². The van der Waals surface area contributed by atoms with Gasteiger partial charge in [-0.1, -0.05) is 11.6 Å². The summed E-state index contributed by atoms with van der Waals surface area (Å²) in [6, 6.07) is 1.70. The molecule has 0 spiro atoms. The first-order valence-corrected chi connectivity index (χ1v) is 6.15. The van der Waals surface area contributed by atoms with Gasteiger partial charge in [0.05, 0.1) is 18.9 Å². The van der Waals surface area contributed by atoms with E-state index in [2.05, 4.69) is 19.9 Å². The number of pyridine rings is 1. The maximum Gasteiger partial charge on any atom is 0.371 e. The Balaban J connectivity index is 2.13. The molecule has 100 valence electrons. The van der Waals surface area contributed by atoms with Gasteiger partial charge < -0.3 is 19.7 Å². The van der Waals surface area contributed by atoms with E-state index in [9.17, 15) is 4.79 Å². The van der Waals surface area contributed by atoms with Gasteiger partial charge in [0, 0.05) is 19.2 Å². The third-order valence-electron chi connectivity index (χ3n) is 2.96. The van der Waals surface area contributed by atoms with Gasteiger partial charge in [0.2, 0.25) is 5.82 Å². The van der Waals surface area contributed by atoms with Crippen LogP contribution in [0.3, 0.4) is 0 Å². The second-order valence-electron chi connectivity index (χ2n) is 4.15. The zero-order valence-corrected chi connectivity index (χ0v) is 10.6. The molecule has 0 saturated carbocycles. The lowest BCUT2D eigenvalue weighted by atomic mass is 10.3. The Bertz CT molecular complexity index is 636. The van der Waals surface area contributed by atoms with Crippen molar-refractivity contribution in [2.24, 2.45) is 0 Å². The van der Waals surface area contributed by atoms with Gasteiger partial charge in [-0.15, -0.1) is 0 Å². The van der Waals surface area contributed by atoms with Crippen LogP contribution in [0.2, 0.25) is 5.15 Å². The van der Waals surface area contributed by atoms with Gasteiger partial charge >= 0.3 is 5.97 Å². The molecule has 2 aromatic rings. The van der Waals surface area contributed by atoms with E-state index in [1.54, 1.807) is 6.07 Å². The molecule has 0 aromatic carbocycles. The average Bonchev–Trinajstić information content (AvgIpc) is 2.82. The maximum atomic E-state index is 11.0. The largest absolute Gasteiger partial charge is 0.475 e. The third kappa shape index (κ3) is 2.22. The molecule has 0 atom stereocenters. The second kappa shape index (κ2) is 4.67. The number of carbonyl (C=O) groups is 1. The first kappa shape index (κ1) is 12.2. The number of rotatable bonds is 2. The predicted molar refractivity (Wildman–Crippen MR) is 68.9 cm³/mol. The smallest absolute Gasteiger partial charge is 0.371 e. The lowest BCUT2D eigenvalue weighted by molar-refractivity contribution is 0.0685. The molecular formula is C11H11ClN4O3. The molecule has 0 radical (unpaired) electrons. The van der Waals surface area contributed by atoms with E-state index >= 15 is 0 Å². The number of aromatic carboxylic acids is 1. The van der Waals surface area contributed by atoms with Crippen LogP contribution in [0.25, 0.3) is 11.2 Å². The Morgan fingerprint density at radius 3 is 2.84 bits per heavy atom. The molecule has 8 heteroatoms. The number of carboxylic acid groups (broad SMARTS) is 1. The molecule has 1 aliphatic rings. The number of aromatic amines is 1. The summed E-state index contributed by atoms with van der Waals surface area (Å²) in [6.45, 7) is 2.67. The van der Waals surface area contributed by atoms with Crippen LogP contribution in [0.1, 0.15) is 10.6 Å². The normalized spacial score (nSPS) is 15.9. The highest BCUT2D eigenvalue weighted by Crippen LogP contribution is 2.27. The number of ether oxygens (including phenoxy) is 1. The Morgan fingerprint density at radius 2 is 2.16 bits per heavy atom. The Labute approximate surface area is 113 Å². The first-order chi connectivity index (χ1) is 9.15. The van der Waals surface area contributed by atoms with Crippen molar-refractivity contribution in [2.45, 2.75) is 0 Å². The van der Waals surface area contributed by atoms with E-state index in [1.807, 2.05) is 0 Å². The fourth-order valence-electron chi connectivity index (χ4n) is 2.09. The van der Waals surface area contributed by atoms with Crippen molar-refractivity contribution >= 4 is 34.4 Å². The number of hydrogen-bond acceptors (Lipinski definition) is 5. The summed E-state index contributed by atoms with van der Waals surface area (Å²) in [5.41, 5.74) is 1.68. The van der Waals surface area contributed by atoms with Crippen molar-refractivity contribution in [3.05, 3.63) is 17.0 Å².